The van der Waals surface area contributed by atoms with Gasteiger partial charge in [-0.1, -0.05) is 54.6 Å². The lowest BCUT2D eigenvalue weighted by Gasteiger charge is -2.20. The number of carbonyl (C=O) groups is 2. The molecule has 0 spiro atoms. The Morgan fingerprint density at radius 2 is 1.56 bits per heavy atom. The molecule has 0 fully saturated rings. The van der Waals surface area contributed by atoms with Crippen LogP contribution < -0.4 is 21.1 Å². The van der Waals surface area contributed by atoms with Crippen molar-refractivity contribution in [1.29, 1.82) is 5.26 Å². The maximum absolute atomic E-state index is 13.0. The van der Waals surface area contributed by atoms with Crippen molar-refractivity contribution in [3.8, 4) is 11.8 Å². The molecule has 3 rings (SSSR count). The average Bonchev–Trinajstić information content (AvgIpc) is 2.89. The summed E-state index contributed by atoms with van der Waals surface area (Å²) < 4.78 is 5.44. The number of hydrogen-bond acceptors (Lipinski definition) is 5. The van der Waals surface area contributed by atoms with E-state index in [2.05, 4.69) is 16.7 Å². The fourth-order valence-corrected chi connectivity index (χ4v) is 3.63. The summed E-state index contributed by atoms with van der Waals surface area (Å²) in [4.78, 5) is 25.7. The van der Waals surface area contributed by atoms with Crippen molar-refractivity contribution in [2.75, 3.05) is 13.2 Å². The quantitative estimate of drug-likeness (QED) is 0.368. The minimum absolute atomic E-state index is 0. The monoisotopic (exact) mass is 506 g/mol. The lowest BCUT2D eigenvalue weighted by atomic mass is 9.97. The Hall–Kier alpha value is -3.86. The number of nitrogens with one attached hydrogen (secondary N) is 2. The number of amides is 2. The molecule has 188 valence electrons. The molecule has 0 aliphatic heterocycles. The summed E-state index contributed by atoms with van der Waals surface area (Å²) in [7, 11) is 0. The predicted octanol–water partition coefficient (Wildman–Crippen LogP) is 3.46. The zero-order valence-electron chi connectivity index (χ0n) is 20.1. The van der Waals surface area contributed by atoms with E-state index < -0.39 is 12.0 Å². The summed E-state index contributed by atoms with van der Waals surface area (Å²) in [6.07, 6.45) is 0.374. The van der Waals surface area contributed by atoms with Gasteiger partial charge in [0.1, 0.15) is 5.75 Å². The number of benzene rings is 3. The minimum atomic E-state index is -0.744. The number of rotatable bonds is 11. The van der Waals surface area contributed by atoms with Crippen LogP contribution in [-0.4, -0.2) is 31.0 Å². The molecule has 0 aliphatic rings. The number of halogens is 1. The molecule has 3 aromatic carbocycles. The molecule has 0 bridgehead atoms. The molecular weight excluding hydrogens is 476 g/mol. The van der Waals surface area contributed by atoms with Crippen molar-refractivity contribution < 1.29 is 14.3 Å². The van der Waals surface area contributed by atoms with Gasteiger partial charge in [0, 0.05) is 13.1 Å². The van der Waals surface area contributed by atoms with E-state index in [0.29, 0.717) is 25.1 Å². The van der Waals surface area contributed by atoms with Crippen molar-refractivity contribution in [2.24, 2.45) is 5.73 Å². The third-order valence-electron chi connectivity index (χ3n) is 5.58. The summed E-state index contributed by atoms with van der Waals surface area (Å²) in [5, 5.41) is 14.7. The Balaban J connectivity index is 0.00000456. The second kappa shape index (κ2) is 14.5. The van der Waals surface area contributed by atoms with Crippen LogP contribution in [0.1, 0.15) is 35.1 Å². The number of hydrogen-bond donors (Lipinski definition) is 3. The zero-order valence-corrected chi connectivity index (χ0v) is 21.0. The summed E-state index contributed by atoms with van der Waals surface area (Å²) in [6.45, 7) is 2.95. The van der Waals surface area contributed by atoms with Gasteiger partial charge in [0.05, 0.1) is 30.2 Å². The van der Waals surface area contributed by atoms with Crippen molar-refractivity contribution in [2.45, 2.75) is 31.8 Å². The molecule has 8 heteroatoms. The molecular formula is C28H31ClN4O3. The summed E-state index contributed by atoms with van der Waals surface area (Å²) in [5.74, 6) is -0.330. The van der Waals surface area contributed by atoms with E-state index in [1.54, 1.807) is 24.3 Å². The van der Waals surface area contributed by atoms with Crippen molar-refractivity contribution in [3.05, 3.63) is 101 Å². The third-order valence-corrected chi connectivity index (χ3v) is 5.58. The largest absolute Gasteiger partial charge is 0.494 e. The normalized spacial score (nSPS) is 11.8. The highest BCUT2D eigenvalue weighted by Gasteiger charge is 2.23. The molecule has 2 atom stereocenters. The standard InChI is InChI=1S/C28H30N4O3.ClH/c1-2-35-24-14-12-20(13-15-24)16-26(30)28(34)32-19-25(23-6-4-3-5-7-23)27(33)31-18-22-10-8-21(17-29)9-11-22;/h3-15,25-26H,2,16,18-19,30H2,1H3,(H,31,33)(H,32,34);1H/t25-,26+;/m0./s1. The van der Waals surface area contributed by atoms with Gasteiger partial charge in [-0.3, -0.25) is 9.59 Å². The van der Waals surface area contributed by atoms with Crippen LogP contribution in [0.15, 0.2) is 78.9 Å². The van der Waals surface area contributed by atoms with Crippen LogP contribution in [0.3, 0.4) is 0 Å². The van der Waals surface area contributed by atoms with Crippen molar-refractivity contribution in [3.63, 3.8) is 0 Å². The first-order valence-corrected chi connectivity index (χ1v) is 11.6. The Morgan fingerprint density at radius 1 is 0.917 bits per heavy atom. The van der Waals surface area contributed by atoms with E-state index in [0.717, 1.165) is 22.4 Å². The Kier molecular flexibility index (Phi) is 11.4. The molecule has 0 unspecified atom stereocenters. The highest BCUT2D eigenvalue weighted by molar-refractivity contribution is 5.86. The first kappa shape index (κ1) is 28.4. The summed E-state index contributed by atoms with van der Waals surface area (Å²) in [5.41, 5.74) is 9.30. The van der Waals surface area contributed by atoms with Gasteiger partial charge in [-0.05, 0) is 54.3 Å². The predicted molar refractivity (Wildman–Crippen MR) is 142 cm³/mol. The number of nitriles is 1. The Morgan fingerprint density at radius 3 is 2.17 bits per heavy atom. The van der Waals surface area contributed by atoms with E-state index >= 15 is 0 Å². The van der Waals surface area contributed by atoms with E-state index in [9.17, 15) is 9.59 Å². The van der Waals surface area contributed by atoms with E-state index in [4.69, 9.17) is 15.7 Å². The van der Waals surface area contributed by atoms with E-state index in [1.165, 1.54) is 0 Å². The van der Waals surface area contributed by atoms with E-state index in [-0.39, 0.29) is 30.8 Å². The van der Waals surface area contributed by atoms with Gasteiger partial charge < -0.3 is 21.1 Å². The van der Waals surface area contributed by atoms with Gasteiger partial charge in [0.2, 0.25) is 11.8 Å². The number of nitrogens with zero attached hydrogens (tertiary/aromatic N) is 1. The van der Waals surface area contributed by atoms with Gasteiger partial charge in [-0.25, -0.2) is 0 Å². The van der Waals surface area contributed by atoms with Crippen LogP contribution in [0.4, 0.5) is 0 Å². The summed E-state index contributed by atoms with van der Waals surface area (Å²) in [6, 6.07) is 25.2. The summed E-state index contributed by atoms with van der Waals surface area (Å²) >= 11 is 0. The van der Waals surface area contributed by atoms with E-state index in [1.807, 2.05) is 61.5 Å². The lowest BCUT2D eigenvalue weighted by molar-refractivity contribution is -0.124. The minimum Gasteiger partial charge on any atom is -0.494 e. The number of ether oxygens (including phenoxy) is 1. The fourth-order valence-electron chi connectivity index (χ4n) is 3.63. The maximum Gasteiger partial charge on any atom is 0.237 e. The average molecular weight is 507 g/mol. The molecule has 36 heavy (non-hydrogen) atoms. The SMILES string of the molecule is CCOc1ccc(C[C@@H](N)C(=O)NC[C@H](C(=O)NCc2ccc(C#N)cc2)c2ccccc2)cc1.Cl. The van der Waals surface area contributed by atoms with Crippen LogP contribution in [-0.2, 0) is 22.6 Å². The van der Waals surface area contributed by atoms with Gasteiger partial charge in [0.15, 0.2) is 0 Å². The lowest BCUT2D eigenvalue weighted by Crippen LogP contribution is -2.45. The van der Waals surface area contributed by atoms with Crippen molar-refractivity contribution in [1.82, 2.24) is 10.6 Å². The zero-order chi connectivity index (χ0) is 25.0. The maximum atomic E-state index is 13.0. The molecule has 0 heterocycles. The number of carbonyl (C=O) groups excluding carboxylic acids is 2. The topological polar surface area (TPSA) is 117 Å². The van der Waals surface area contributed by atoms with Gasteiger partial charge in [-0.15, -0.1) is 12.4 Å². The van der Waals surface area contributed by atoms with Gasteiger partial charge >= 0.3 is 0 Å². The third kappa shape index (κ3) is 8.42. The van der Waals surface area contributed by atoms with Crippen molar-refractivity contribution >= 4 is 24.2 Å². The first-order chi connectivity index (χ1) is 17.0. The molecule has 4 N–H and O–H groups in total. The highest BCUT2D eigenvalue weighted by Crippen LogP contribution is 2.16. The van der Waals surface area contributed by atoms with Crippen LogP contribution in [0.2, 0.25) is 0 Å². The fraction of sp³-hybridized carbons (Fsp3) is 0.250. The number of nitrogens with two attached hydrogens (primary N) is 1. The Labute approximate surface area is 218 Å². The highest BCUT2D eigenvalue weighted by atomic mass is 35.5. The molecule has 0 aromatic heterocycles. The van der Waals surface area contributed by atoms with Gasteiger partial charge in [-0.2, -0.15) is 5.26 Å². The molecule has 0 aliphatic carbocycles. The first-order valence-electron chi connectivity index (χ1n) is 11.6. The second-order valence-corrected chi connectivity index (χ2v) is 8.12. The molecule has 2 amide bonds. The molecule has 0 saturated heterocycles. The molecule has 0 radical (unpaired) electrons. The Bertz CT molecular complexity index is 1150. The van der Waals surface area contributed by atoms with Crippen LogP contribution >= 0.6 is 12.4 Å². The van der Waals surface area contributed by atoms with Crippen LogP contribution in [0.25, 0.3) is 0 Å². The van der Waals surface area contributed by atoms with Gasteiger partial charge in [0.25, 0.3) is 0 Å². The van der Waals surface area contributed by atoms with Crippen LogP contribution in [0, 0.1) is 11.3 Å². The molecule has 3 aromatic rings. The molecule has 0 saturated carbocycles. The second-order valence-electron chi connectivity index (χ2n) is 8.12. The smallest absolute Gasteiger partial charge is 0.237 e. The molecule has 7 nitrogen and oxygen atoms in total. The van der Waals surface area contributed by atoms with Crippen LogP contribution in [0.5, 0.6) is 5.75 Å².